The first-order valence-corrected chi connectivity index (χ1v) is 6.32. The van der Waals surface area contributed by atoms with E-state index in [0.29, 0.717) is 18.1 Å². The maximum absolute atomic E-state index is 5.87. The highest BCUT2D eigenvalue weighted by atomic mass is 16.5. The van der Waals surface area contributed by atoms with Crippen LogP contribution in [0.25, 0.3) is 5.76 Å². The third kappa shape index (κ3) is 3.32. The summed E-state index contributed by atoms with van der Waals surface area (Å²) in [5, 5.41) is 0. The van der Waals surface area contributed by atoms with E-state index in [1.807, 2.05) is 48.5 Å². The number of hydrogen-bond acceptors (Lipinski definition) is 3. The number of methoxy groups -OCH3 is 2. The zero-order valence-electron chi connectivity index (χ0n) is 11.8. The number of hydrogen-bond donors (Lipinski definition) is 0. The van der Waals surface area contributed by atoms with Gasteiger partial charge in [-0.05, 0) is 17.7 Å². The van der Waals surface area contributed by atoms with E-state index in [4.69, 9.17) is 14.2 Å². The van der Waals surface area contributed by atoms with Gasteiger partial charge in [-0.25, -0.2) is 0 Å². The van der Waals surface area contributed by atoms with Crippen LogP contribution in [0, 0.1) is 0 Å². The minimum Gasteiger partial charge on any atom is -0.497 e. The second-order valence-corrected chi connectivity index (χ2v) is 4.26. The predicted molar refractivity (Wildman–Crippen MR) is 79.8 cm³/mol. The van der Waals surface area contributed by atoms with Crippen molar-refractivity contribution in [3.8, 4) is 11.5 Å². The summed E-state index contributed by atoms with van der Waals surface area (Å²) in [7, 11) is 3.22. The van der Waals surface area contributed by atoms with Gasteiger partial charge in [-0.1, -0.05) is 36.9 Å². The van der Waals surface area contributed by atoms with E-state index in [-0.39, 0.29) is 0 Å². The molecule has 0 bridgehead atoms. The molecule has 0 spiro atoms. The minimum absolute atomic E-state index is 0.484. The Hall–Kier alpha value is -2.42. The fraction of sp³-hybridized carbons (Fsp3) is 0.176. The number of benzene rings is 2. The van der Waals surface area contributed by atoms with Crippen LogP contribution in [0.5, 0.6) is 11.5 Å². The summed E-state index contributed by atoms with van der Waals surface area (Å²) >= 11 is 0. The van der Waals surface area contributed by atoms with Crippen LogP contribution in [0.15, 0.2) is 55.1 Å². The Balaban J connectivity index is 2.21. The van der Waals surface area contributed by atoms with Gasteiger partial charge in [0.1, 0.15) is 23.9 Å². The van der Waals surface area contributed by atoms with Crippen molar-refractivity contribution in [1.29, 1.82) is 0 Å². The van der Waals surface area contributed by atoms with E-state index < -0.39 is 0 Å². The van der Waals surface area contributed by atoms with Crippen LogP contribution in [0.4, 0.5) is 0 Å². The van der Waals surface area contributed by atoms with Crippen molar-refractivity contribution in [3.05, 3.63) is 66.2 Å². The minimum atomic E-state index is 0.484. The Morgan fingerprint density at radius 1 is 1.05 bits per heavy atom. The molecule has 0 fully saturated rings. The Morgan fingerprint density at radius 2 is 1.80 bits per heavy atom. The number of rotatable bonds is 6. The molecule has 0 aliphatic rings. The van der Waals surface area contributed by atoms with Crippen molar-refractivity contribution < 1.29 is 14.2 Å². The van der Waals surface area contributed by atoms with E-state index in [1.165, 1.54) is 0 Å². The average molecular weight is 270 g/mol. The zero-order valence-corrected chi connectivity index (χ0v) is 11.8. The summed E-state index contributed by atoms with van der Waals surface area (Å²) in [4.78, 5) is 0. The Kier molecular flexibility index (Phi) is 4.66. The van der Waals surface area contributed by atoms with Crippen LogP contribution >= 0.6 is 0 Å². The van der Waals surface area contributed by atoms with Gasteiger partial charge in [-0.2, -0.15) is 0 Å². The van der Waals surface area contributed by atoms with Crippen LogP contribution in [0.3, 0.4) is 0 Å². The van der Waals surface area contributed by atoms with Gasteiger partial charge in [-0.15, -0.1) is 0 Å². The summed E-state index contributed by atoms with van der Waals surface area (Å²) in [6, 6.07) is 15.6. The molecule has 0 aromatic heterocycles. The van der Waals surface area contributed by atoms with Gasteiger partial charge in [-0.3, -0.25) is 0 Å². The van der Waals surface area contributed by atoms with Gasteiger partial charge in [0.2, 0.25) is 0 Å². The molecule has 0 N–H and O–H groups in total. The maximum atomic E-state index is 5.87. The summed E-state index contributed by atoms with van der Waals surface area (Å²) in [5.41, 5.74) is 1.92. The molecule has 20 heavy (non-hydrogen) atoms. The highest BCUT2D eigenvalue weighted by molar-refractivity contribution is 5.65. The Bertz CT molecular complexity index is 576. The van der Waals surface area contributed by atoms with E-state index >= 15 is 0 Å². The van der Waals surface area contributed by atoms with Crippen molar-refractivity contribution in [3.63, 3.8) is 0 Å². The average Bonchev–Trinajstić information content (AvgIpc) is 2.52. The van der Waals surface area contributed by atoms with Crippen LogP contribution in [-0.2, 0) is 11.3 Å². The number of ether oxygens (including phenoxy) is 3. The molecule has 2 rings (SSSR count). The summed E-state index contributed by atoms with van der Waals surface area (Å²) in [6.07, 6.45) is 0. The molecule has 0 heterocycles. The van der Waals surface area contributed by atoms with E-state index in [9.17, 15) is 0 Å². The van der Waals surface area contributed by atoms with Gasteiger partial charge in [0.25, 0.3) is 0 Å². The molecule has 0 aliphatic heterocycles. The Morgan fingerprint density at radius 3 is 2.45 bits per heavy atom. The highest BCUT2D eigenvalue weighted by Gasteiger charge is 2.10. The fourth-order valence-corrected chi connectivity index (χ4v) is 1.82. The van der Waals surface area contributed by atoms with Gasteiger partial charge in [0.05, 0.1) is 19.8 Å². The third-order valence-corrected chi connectivity index (χ3v) is 2.97. The van der Waals surface area contributed by atoms with Crippen molar-refractivity contribution in [1.82, 2.24) is 0 Å². The molecule has 0 atom stereocenters. The van der Waals surface area contributed by atoms with Gasteiger partial charge in [0.15, 0.2) is 0 Å². The molecule has 0 saturated heterocycles. The molecule has 104 valence electrons. The molecular formula is C17H18O3. The second-order valence-electron chi connectivity index (χ2n) is 4.26. The molecule has 3 heteroatoms. The quantitative estimate of drug-likeness (QED) is 0.745. The second kappa shape index (κ2) is 6.66. The summed E-state index contributed by atoms with van der Waals surface area (Å²) in [6.45, 7) is 4.36. The van der Waals surface area contributed by atoms with Crippen LogP contribution in [0.2, 0.25) is 0 Å². The van der Waals surface area contributed by atoms with Crippen LogP contribution < -0.4 is 9.47 Å². The maximum Gasteiger partial charge on any atom is 0.134 e. The molecule has 0 amide bonds. The summed E-state index contributed by atoms with van der Waals surface area (Å²) in [5.74, 6) is 2.00. The van der Waals surface area contributed by atoms with Gasteiger partial charge >= 0.3 is 0 Å². The van der Waals surface area contributed by atoms with Crippen molar-refractivity contribution in [2.75, 3.05) is 14.2 Å². The first-order chi connectivity index (χ1) is 9.74. The van der Waals surface area contributed by atoms with Crippen LogP contribution in [0.1, 0.15) is 11.1 Å². The standard InChI is InChI=1S/C17H18O3/c1-13(18-2)16-10-9-15(19-3)11-17(16)20-12-14-7-5-4-6-8-14/h4-11H,1,12H2,2-3H3. The first-order valence-electron chi connectivity index (χ1n) is 6.32. The lowest BCUT2D eigenvalue weighted by Crippen LogP contribution is -1.99. The molecule has 2 aromatic carbocycles. The Labute approximate surface area is 119 Å². The lowest BCUT2D eigenvalue weighted by molar-refractivity contribution is 0.298. The fourth-order valence-electron chi connectivity index (χ4n) is 1.82. The molecule has 0 unspecified atom stereocenters. The monoisotopic (exact) mass is 270 g/mol. The lowest BCUT2D eigenvalue weighted by Gasteiger charge is -2.14. The smallest absolute Gasteiger partial charge is 0.134 e. The van der Waals surface area contributed by atoms with Crippen molar-refractivity contribution >= 4 is 5.76 Å². The first kappa shape index (κ1) is 14.0. The molecule has 0 saturated carbocycles. The lowest BCUT2D eigenvalue weighted by atomic mass is 10.1. The SMILES string of the molecule is C=C(OC)c1ccc(OC)cc1OCc1ccccc1. The summed E-state index contributed by atoms with van der Waals surface area (Å²) < 4.78 is 16.3. The normalized spacial score (nSPS) is 9.90. The van der Waals surface area contributed by atoms with E-state index in [2.05, 4.69) is 6.58 Å². The van der Waals surface area contributed by atoms with Crippen molar-refractivity contribution in [2.45, 2.75) is 6.61 Å². The third-order valence-electron chi connectivity index (χ3n) is 2.97. The van der Waals surface area contributed by atoms with Crippen molar-refractivity contribution in [2.24, 2.45) is 0 Å². The zero-order chi connectivity index (χ0) is 14.4. The topological polar surface area (TPSA) is 27.7 Å². The van der Waals surface area contributed by atoms with Crippen LogP contribution in [-0.4, -0.2) is 14.2 Å². The molecule has 0 radical (unpaired) electrons. The predicted octanol–water partition coefficient (Wildman–Crippen LogP) is 3.89. The van der Waals surface area contributed by atoms with E-state index in [0.717, 1.165) is 16.9 Å². The highest BCUT2D eigenvalue weighted by Crippen LogP contribution is 2.30. The largest absolute Gasteiger partial charge is 0.497 e. The van der Waals surface area contributed by atoms with Gasteiger partial charge in [0, 0.05) is 6.07 Å². The van der Waals surface area contributed by atoms with E-state index in [1.54, 1.807) is 14.2 Å². The molecular weight excluding hydrogens is 252 g/mol. The molecule has 3 nitrogen and oxygen atoms in total. The molecule has 2 aromatic rings. The van der Waals surface area contributed by atoms with Gasteiger partial charge < -0.3 is 14.2 Å². The molecule has 0 aliphatic carbocycles.